The second-order valence-electron chi connectivity index (χ2n) is 4.25. The van der Waals surface area contributed by atoms with Crippen molar-refractivity contribution in [1.82, 2.24) is 10.5 Å². The summed E-state index contributed by atoms with van der Waals surface area (Å²) < 4.78 is 4.97. The topological polar surface area (TPSA) is 67.2 Å². The molecule has 1 aromatic heterocycles. The fourth-order valence-corrected chi connectivity index (χ4v) is 2.12. The lowest BCUT2D eigenvalue weighted by atomic mass is 9.93. The number of aromatic nitrogens is 1. The molecule has 0 spiro atoms. The maximum absolute atomic E-state index is 12.1. The van der Waals surface area contributed by atoms with Crippen molar-refractivity contribution in [2.45, 2.75) is 38.6 Å². The van der Waals surface area contributed by atoms with Gasteiger partial charge in [0.2, 0.25) is 11.8 Å². The molecule has 0 radical (unpaired) electrons. The van der Waals surface area contributed by atoms with E-state index < -0.39 is 5.54 Å². The van der Waals surface area contributed by atoms with Gasteiger partial charge >= 0.3 is 0 Å². The van der Waals surface area contributed by atoms with Crippen LogP contribution >= 0.6 is 0 Å². The van der Waals surface area contributed by atoms with E-state index in [-0.39, 0.29) is 5.91 Å². The molecule has 0 saturated carbocycles. The first kappa shape index (κ1) is 11.1. The highest BCUT2D eigenvalue weighted by Gasteiger charge is 2.39. The average Bonchev–Trinajstić information content (AvgIpc) is 2.88. The predicted octanol–water partition coefficient (Wildman–Crippen LogP) is 1.45. The molecule has 1 saturated heterocycles. The number of hydrogen-bond donors (Lipinski definition) is 2. The first-order chi connectivity index (χ1) is 7.66. The molecule has 1 atom stereocenters. The van der Waals surface area contributed by atoms with Crippen molar-refractivity contribution in [1.29, 1.82) is 0 Å². The van der Waals surface area contributed by atoms with E-state index in [0.29, 0.717) is 5.88 Å². The molecular weight excluding hydrogens is 206 g/mol. The normalized spacial score (nSPS) is 24.6. The van der Waals surface area contributed by atoms with E-state index in [2.05, 4.69) is 15.8 Å². The number of anilines is 1. The fraction of sp³-hybridized carbons (Fsp3) is 0.636. The standard InChI is InChI=1S/C11H17N3O2/c1-3-11(5-4-6-12-11)10(15)13-9-7-8(2)14-16-9/h7,12H,3-6H2,1-2H3,(H,13,15). The zero-order valence-corrected chi connectivity index (χ0v) is 9.67. The minimum Gasteiger partial charge on any atom is -0.338 e. The number of carbonyl (C=O) groups is 1. The van der Waals surface area contributed by atoms with E-state index in [4.69, 9.17) is 4.52 Å². The molecule has 1 amide bonds. The van der Waals surface area contributed by atoms with Crippen LogP contribution in [0.2, 0.25) is 0 Å². The molecule has 0 bridgehead atoms. The van der Waals surface area contributed by atoms with Gasteiger partial charge in [0.1, 0.15) is 0 Å². The van der Waals surface area contributed by atoms with Crippen molar-refractivity contribution in [2.24, 2.45) is 0 Å². The zero-order chi connectivity index (χ0) is 11.6. The summed E-state index contributed by atoms with van der Waals surface area (Å²) in [5.74, 6) is 0.396. The molecule has 1 aromatic rings. The van der Waals surface area contributed by atoms with Gasteiger partial charge in [0.25, 0.3) is 0 Å². The third-order valence-electron chi connectivity index (χ3n) is 3.15. The molecular formula is C11H17N3O2. The molecule has 5 nitrogen and oxygen atoms in total. The molecule has 2 N–H and O–H groups in total. The van der Waals surface area contributed by atoms with Gasteiger partial charge in [0.05, 0.1) is 11.2 Å². The van der Waals surface area contributed by atoms with Gasteiger partial charge in [-0.15, -0.1) is 0 Å². The third kappa shape index (κ3) is 1.95. The Hall–Kier alpha value is -1.36. The summed E-state index contributed by atoms with van der Waals surface area (Å²) in [4.78, 5) is 12.1. The molecule has 2 heterocycles. The molecule has 5 heteroatoms. The van der Waals surface area contributed by atoms with E-state index in [1.807, 2.05) is 13.8 Å². The summed E-state index contributed by atoms with van der Waals surface area (Å²) in [5.41, 5.74) is 0.334. The summed E-state index contributed by atoms with van der Waals surface area (Å²) in [6.45, 7) is 4.74. The first-order valence-corrected chi connectivity index (χ1v) is 5.66. The summed E-state index contributed by atoms with van der Waals surface area (Å²) in [5, 5.41) is 9.77. The lowest BCUT2D eigenvalue weighted by Crippen LogP contribution is -2.50. The molecule has 88 valence electrons. The van der Waals surface area contributed by atoms with Crippen LogP contribution in [0.1, 0.15) is 31.9 Å². The van der Waals surface area contributed by atoms with Crippen LogP contribution in [0.3, 0.4) is 0 Å². The Kier molecular flexibility index (Phi) is 2.96. The Morgan fingerprint density at radius 2 is 2.56 bits per heavy atom. The Morgan fingerprint density at radius 3 is 3.06 bits per heavy atom. The highest BCUT2D eigenvalue weighted by atomic mass is 16.5. The molecule has 1 aliphatic rings. The molecule has 0 aromatic carbocycles. The van der Waals surface area contributed by atoms with E-state index in [1.54, 1.807) is 6.07 Å². The molecule has 0 aliphatic carbocycles. The monoisotopic (exact) mass is 223 g/mol. The van der Waals surface area contributed by atoms with Gasteiger partial charge in [-0.2, -0.15) is 0 Å². The van der Waals surface area contributed by atoms with Crippen molar-refractivity contribution in [3.8, 4) is 0 Å². The Balaban J connectivity index is 2.07. The SMILES string of the molecule is CCC1(C(=O)Nc2cc(C)no2)CCCN1. The van der Waals surface area contributed by atoms with E-state index >= 15 is 0 Å². The summed E-state index contributed by atoms with van der Waals surface area (Å²) in [6, 6.07) is 1.72. The smallest absolute Gasteiger partial charge is 0.247 e. The third-order valence-corrected chi connectivity index (χ3v) is 3.15. The zero-order valence-electron chi connectivity index (χ0n) is 9.67. The number of hydrogen-bond acceptors (Lipinski definition) is 4. The Bertz CT molecular complexity index is 380. The number of rotatable bonds is 3. The van der Waals surface area contributed by atoms with E-state index in [1.165, 1.54) is 0 Å². The van der Waals surface area contributed by atoms with Gasteiger partial charge in [0, 0.05) is 6.07 Å². The number of nitrogens with one attached hydrogen (secondary N) is 2. The van der Waals surface area contributed by atoms with Gasteiger partial charge in [-0.05, 0) is 32.7 Å². The molecule has 2 rings (SSSR count). The second-order valence-corrected chi connectivity index (χ2v) is 4.25. The molecule has 1 fully saturated rings. The second kappa shape index (κ2) is 4.25. The van der Waals surface area contributed by atoms with Gasteiger partial charge < -0.3 is 9.84 Å². The largest absolute Gasteiger partial charge is 0.338 e. The predicted molar refractivity (Wildman–Crippen MR) is 60.1 cm³/mol. The van der Waals surface area contributed by atoms with Crippen LogP contribution in [0.4, 0.5) is 5.88 Å². The van der Waals surface area contributed by atoms with Crippen LogP contribution in [0.5, 0.6) is 0 Å². The highest BCUT2D eigenvalue weighted by molar-refractivity contribution is 5.97. The Labute approximate surface area is 94.6 Å². The lowest BCUT2D eigenvalue weighted by Gasteiger charge is -2.25. The van der Waals surface area contributed by atoms with Gasteiger partial charge in [0.15, 0.2) is 0 Å². The maximum Gasteiger partial charge on any atom is 0.247 e. The number of amides is 1. The van der Waals surface area contributed by atoms with Crippen molar-refractivity contribution >= 4 is 11.8 Å². The van der Waals surface area contributed by atoms with Gasteiger partial charge in [-0.3, -0.25) is 10.1 Å². The van der Waals surface area contributed by atoms with Gasteiger partial charge in [-0.1, -0.05) is 12.1 Å². The van der Waals surface area contributed by atoms with Crippen LogP contribution in [-0.2, 0) is 4.79 Å². The van der Waals surface area contributed by atoms with E-state index in [0.717, 1.165) is 31.5 Å². The van der Waals surface area contributed by atoms with Crippen LogP contribution in [0.15, 0.2) is 10.6 Å². The van der Waals surface area contributed by atoms with Crippen LogP contribution in [0.25, 0.3) is 0 Å². The van der Waals surface area contributed by atoms with Crippen molar-refractivity contribution < 1.29 is 9.32 Å². The fourth-order valence-electron chi connectivity index (χ4n) is 2.12. The van der Waals surface area contributed by atoms with E-state index in [9.17, 15) is 4.79 Å². The van der Waals surface area contributed by atoms with Crippen molar-refractivity contribution in [2.75, 3.05) is 11.9 Å². The number of aryl methyl sites for hydroxylation is 1. The average molecular weight is 223 g/mol. The number of carbonyl (C=O) groups excluding carboxylic acids is 1. The van der Waals surface area contributed by atoms with Gasteiger partial charge in [-0.25, -0.2) is 0 Å². The summed E-state index contributed by atoms with van der Waals surface area (Å²) in [7, 11) is 0. The highest BCUT2D eigenvalue weighted by Crippen LogP contribution is 2.24. The quantitative estimate of drug-likeness (QED) is 0.814. The minimum atomic E-state index is -0.430. The molecule has 1 unspecified atom stereocenters. The lowest BCUT2D eigenvalue weighted by molar-refractivity contribution is -0.122. The van der Waals surface area contributed by atoms with Crippen molar-refractivity contribution in [3.63, 3.8) is 0 Å². The minimum absolute atomic E-state index is 0.0244. The summed E-state index contributed by atoms with van der Waals surface area (Å²) >= 11 is 0. The van der Waals surface area contributed by atoms with Crippen LogP contribution in [-0.4, -0.2) is 23.1 Å². The van der Waals surface area contributed by atoms with Crippen molar-refractivity contribution in [3.05, 3.63) is 11.8 Å². The summed E-state index contributed by atoms with van der Waals surface area (Å²) in [6.07, 6.45) is 2.70. The van der Waals surface area contributed by atoms with Crippen LogP contribution < -0.4 is 10.6 Å². The maximum atomic E-state index is 12.1. The molecule has 16 heavy (non-hydrogen) atoms. The molecule has 1 aliphatic heterocycles. The number of nitrogens with zero attached hydrogens (tertiary/aromatic N) is 1. The van der Waals surface area contributed by atoms with Crippen LogP contribution in [0, 0.1) is 6.92 Å². The Morgan fingerprint density at radius 1 is 1.75 bits per heavy atom. The first-order valence-electron chi connectivity index (χ1n) is 5.66.